The molecule has 15 heavy (non-hydrogen) atoms. The highest BCUT2D eigenvalue weighted by molar-refractivity contribution is 9.10. The molecule has 0 aliphatic rings. The molecule has 2 rings (SSSR count). The molecule has 0 amide bonds. The number of unbranched alkanes of at least 4 members (excludes halogenated alkanes) is 2. The average molecular weight is 267 g/mol. The average Bonchev–Trinajstić information content (AvgIpc) is 2.60. The summed E-state index contributed by atoms with van der Waals surface area (Å²) in [6.07, 6.45) is 4.81. The largest absolute Gasteiger partial charge is 0.342 e. The zero-order valence-corrected chi connectivity index (χ0v) is 10.5. The van der Waals surface area contributed by atoms with Crippen molar-refractivity contribution in [3.8, 4) is 0 Å². The first-order valence-electron chi connectivity index (χ1n) is 5.43. The van der Waals surface area contributed by atoms with Gasteiger partial charge >= 0.3 is 0 Å². The van der Waals surface area contributed by atoms with E-state index in [9.17, 15) is 0 Å². The molecule has 0 aliphatic heterocycles. The molecular weight excluding hydrogens is 252 g/mol. The smallest absolute Gasteiger partial charge is 0.107 e. The molecule has 0 spiro atoms. The first-order valence-corrected chi connectivity index (χ1v) is 6.23. The van der Waals surface area contributed by atoms with Gasteiger partial charge in [0, 0.05) is 10.9 Å². The van der Waals surface area contributed by atoms with Crippen LogP contribution in [-0.2, 0) is 6.42 Å². The minimum absolute atomic E-state index is 1.06. The standard InChI is InChI=1S/C12H15BrN2/c1-2-3-4-5-12-14-10-7-6-9(13)8-11(10)15-12/h6-8H,2-5H2,1H3,(H,14,15). The monoisotopic (exact) mass is 266 g/mol. The second-order valence-electron chi connectivity index (χ2n) is 3.80. The van der Waals surface area contributed by atoms with E-state index in [-0.39, 0.29) is 0 Å². The van der Waals surface area contributed by atoms with Crippen LogP contribution in [0.4, 0.5) is 0 Å². The molecule has 0 saturated carbocycles. The third-order valence-corrected chi connectivity index (χ3v) is 3.00. The van der Waals surface area contributed by atoms with E-state index >= 15 is 0 Å². The zero-order chi connectivity index (χ0) is 10.7. The summed E-state index contributed by atoms with van der Waals surface area (Å²) in [6, 6.07) is 6.14. The van der Waals surface area contributed by atoms with Gasteiger partial charge in [-0.3, -0.25) is 0 Å². The van der Waals surface area contributed by atoms with Gasteiger partial charge in [-0.1, -0.05) is 35.7 Å². The van der Waals surface area contributed by atoms with Crippen LogP contribution in [0.5, 0.6) is 0 Å². The van der Waals surface area contributed by atoms with Crippen molar-refractivity contribution in [2.75, 3.05) is 0 Å². The Labute approximate surface area is 98.2 Å². The predicted octanol–water partition coefficient (Wildman–Crippen LogP) is 4.06. The Bertz CT molecular complexity index is 448. The maximum Gasteiger partial charge on any atom is 0.107 e. The van der Waals surface area contributed by atoms with Gasteiger partial charge in [0.25, 0.3) is 0 Å². The van der Waals surface area contributed by atoms with Crippen LogP contribution in [0.1, 0.15) is 32.0 Å². The molecule has 1 aromatic heterocycles. The summed E-state index contributed by atoms with van der Waals surface area (Å²) in [5.41, 5.74) is 2.18. The molecule has 0 atom stereocenters. The van der Waals surface area contributed by atoms with Gasteiger partial charge in [0.15, 0.2) is 0 Å². The van der Waals surface area contributed by atoms with Gasteiger partial charge in [-0.05, 0) is 24.6 Å². The van der Waals surface area contributed by atoms with Gasteiger partial charge in [0.1, 0.15) is 5.82 Å². The number of hydrogen-bond donors (Lipinski definition) is 1. The van der Waals surface area contributed by atoms with E-state index in [1.807, 2.05) is 12.1 Å². The molecule has 2 nitrogen and oxygen atoms in total. The van der Waals surface area contributed by atoms with Crippen LogP contribution in [0, 0.1) is 0 Å². The number of aromatic nitrogens is 2. The maximum atomic E-state index is 4.55. The van der Waals surface area contributed by atoms with Crippen molar-refractivity contribution < 1.29 is 0 Å². The highest BCUT2D eigenvalue weighted by atomic mass is 79.9. The van der Waals surface area contributed by atoms with Crippen molar-refractivity contribution in [3.05, 3.63) is 28.5 Å². The Morgan fingerprint density at radius 1 is 1.33 bits per heavy atom. The van der Waals surface area contributed by atoms with Gasteiger partial charge < -0.3 is 4.98 Å². The highest BCUT2D eigenvalue weighted by Crippen LogP contribution is 2.18. The second-order valence-corrected chi connectivity index (χ2v) is 4.72. The predicted molar refractivity (Wildman–Crippen MR) is 67.0 cm³/mol. The number of aryl methyl sites for hydroxylation is 1. The van der Waals surface area contributed by atoms with E-state index in [0.717, 1.165) is 27.8 Å². The normalized spacial score (nSPS) is 11.1. The Morgan fingerprint density at radius 3 is 3.00 bits per heavy atom. The molecule has 0 bridgehead atoms. The van der Waals surface area contributed by atoms with Gasteiger partial charge in [-0.25, -0.2) is 4.98 Å². The molecule has 1 heterocycles. The van der Waals surface area contributed by atoms with Crippen molar-refractivity contribution >= 4 is 27.0 Å². The molecule has 0 radical (unpaired) electrons. The topological polar surface area (TPSA) is 28.7 Å². The third kappa shape index (κ3) is 2.59. The molecule has 0 unspecified atom stereocenters. The highest BCUT2D eigenvalue weighted by Gasteiger charge is 2.02. The van der Waals surface area contributed by atoms with Crippen LogP contribution in [-0.4, -0.2) is 9.97 Å². The lowest BCUT2D eigenvalue weighted by Gasteiger charge is -1.93. The molecule has 80 valence electrons. The van der Waals surface area contributed by atoms with Crippen LogP contribution in [0.2, 0.25) is 0 Å². The van der Waals surface area contributed by atoms with Crippen molar-refractivity contribution in [3.63, 3.8) is 0 Å². The van der Waals surface area contributed by atoms with E-state index in [0.29, 0.717) is 0 Å². The van der Waals surface area contributed by atoms with E-state index in [1.54, 1.807) is 0 Å². The Balaban J connectivity index is 2.16. The molecule has 0 fully saturated rings. The van der Waals surface area contributed by atoms with Gasteiger partial charge in [0.05, 0.1) is 11.0 Å². The molecule has 1 N–H and O–H groups in total. The number of rotatable bonds is 4. The van der Waals surface area contributed by atoms with E-state index in [1.165, 1.54) is 19.3 Å². The van der Waals surface area contributed by atoms with Crippen LogP contribution in [0.25, 0.3) is 11.0 Å². The summed E-state index contributed by atoms with van der Waals surface area (Å²) < 4.78 is 1.10. The Morgan fingerprint density at radius 2 is 2.20 bits per heavy atom. The zero-order valence-electron chi connectivity index (χ0n) is 8.89. The summed E-state index contributed by atoms with van der Waals surface area (Å²) in [5, 5.41) is 0. The van der Waals surface area contributed by atoms with Gasteiger partial charge in [-0.2, -0.15) is 0 Å². The Kier molecular flexibility index (Phi) is 3.41. The Hall–Kier alpha value is -0.830. The molecule has 1 aromatic carbocycles. The van der Waals surface area contributed by atoms with Crippen LogP contribution < -0.4 is 0 Å². The summed E-state index contributed by atoms with van der Waals surface area (Å²) in [4.78, 5) is 7.90. The fourth-order valence-corrected chi connectivity index (χ4v) is 2.06. The summed E-state index contributed by atoms with van der Waals surface area (Å²) in [7, 11) is 0. The number of halogens is 1. The lowest BCUT2D eigenvalue weighted by molar-refractivity contribution is 0.700. The number of aromatic amines is 1. The molecule has 0 aliphatic carbocycles. The first kappa shape index (κ1) is 10.7. The molecule has 3 heteroatoms. The van der Waals surface area contributed by atoms with Gasteiger partial charge in [-0.15, -0.1) is 0 Å². The number of H-pyrrole nitrogens is 1. The minimum atomic E-state index is 1.06. The lowest BCUT2D eigenvalue weighted by atomic mass is 10.2. The number of nitrogens with zero attached hydrogens (tertiary/aromatic N) is 1. The summed E-state index contributed by atoms with van der Waals surface area (Å²) in [5.74, 6) is 1.11. The maximum absolute atomic E-state index is 4.55. The minimum Gasteiger partial charge on any atom is -0.342 e. The first-order chi connectivity index (χ1) is 7.29. The number of fused-ring (bicyclic) bond motifs is 1. The number of imidazole rings is 1. The quantitative estimate of drug-likeness (QED) is 0.831. The van der Waals surface area contributed by atoms with Crippen LogP contribution in [0.15, 0.2) is 22.7 Å². The summed E-state index contributed by atoms with van der Waals surface area (Å²) >= 11 is 3.46. The SMILES string of the molecule is CCCCCc1nc2ccc(Br)cc2[nH]1. The fraction of sp³-hybridized carbons (Fsp3) is 0.417. The fourth-order valence-electron chi connectivity index (χ4n) is 1.70. The second kappa shape index (κ2) is 4.79. The number of nitrogens with one attached hydrogen (secondary N) is 1. The van der Waals surface area contributed by atoms with E-state index in [4.69, 9.17) is 0 Å². The van der Waals surface area contributed by atoms with Crippen molar-refractivity contribution in [1.29, 1.82) is 0 Å². The van der Waals surface area contributed by atoms with Crippen LogP contribution in [0.3, 0.4) is 0 Å². The molecule has 2 aromatic rings. The molecular formula is C12H15BrN2. The number of benzene rings is 1. The number of hydrogen-bond acceptors (Lipinski definition) is 1. The van der Waals surface area contributed by atoms with Crippen LogP contribution >= 0.6 is 15.9 Å². The van der Waals surface area contributed by atoms with Crippen molar-refractivity contribution in [2.24, 2.45) is 0 Å². The van der Waals surface area contributed by atoms with Crippen molar-refractivity contribution in [1.82, 2.24) is 9.97 Å². The lowest BCUT2D eigenvalue weighted by Crippen LogP contribution is -1.87. The van der Waals surface area contributed by atoms with Gasteiger partial charge in [0.2, 0.25) is 0 Å². The third-order valence-electron chi connectivity index (χ3n) is 2.51. The van der Waals surface area contributed by atoms with Crippen molar-refractivity contribution in [2.45, 2.75) is 32.6 Å². The van der Waals surface area contributed by atoms with E-state index < -0.39 is 0 Å². The summed E-state index contributed by atoms with van der Waals surface area (Å²) in [6.45, 7) is 2.22. The molecule has 0 saturated heterocycles. The van der Waals surface area contributed by atoms with E-state index in [2.05, 4.69) is 38.9 Å².